The van der Waals surface area contributed by atoms with E-state index in [9.17, 15) is 4.39 Å². The van der Waals surface area contributed by atoms with Crippen molar-refractivity contribution in [2.45, 2.75) is 23.1 Å². The zero-order valence-electron chi connectivity index (χ0n) is 10.4. The van der Waals surface area contributed by atoms with Gasteiger partial charge in [0, 0.05) is 29.4 Å². The summed E-state index contributed by atoms with van der Waals surface area (Å²) in [5.74, 6) is -0.232. The lowest BCUT2D eigenvalue weighted by atomic mass is 10.1. The molecule has 1 heterocycles. The normalized spacial score (nSPS) is 14.4. The molecule has 18 heavy (non-hydrogen) atoms. The first-order chi connectivity index (χ1) is 8.56. The number of benzene rings is 1. The molecule has 0 spiro atoms. The van der Waals surface area contributed by atoms with E-state index in [1.165, 1.54) is 12.1 Å². The Morgan fingerprint density at radius 2 is 2.22 bits per heavy atom. The van der Waals surface area contributed by atoms with Crippen molar-refractivity contribution in [1.82, 2.24) is 9.78 Å². The molecule has 1 aromatic heterocycles. The highest BCUT2D eigenvalue weighted by atomic mass is 32.2. The molecule has 5 heteroatoms. The number of aryl methyl sites for hydroxylation is 1. The molecule has 0 radical (unpaired) electrons. The van der Waals surface area contributed by atoms with E-state index in [1.807, 2.05) is 26.2 Å². The molecule has 2 unspecified atom stereocenters. The minimum absolute atomic E-state index is 0.0184. The first-order valence-electron chi connectivity index (χ1n) is 5.72. The van der Waals surface area contributed by atoms with Crippen molar-refractivity contribution in [2.75, 3.05) is 0 Å². The predicted molar refractivity (Wildman–Crippen MR) is 71.9 cm³/mol. The van der Waals surface area contributed by atoms with Crippen LogP contribution in [0.25, 0.3) is 0 Å². The molecule has 2 aromatic rings. The first kappa shape index (κ1) is 13.1. The summed E-state index contributed by atoms with van der Waals surface area (Å²) in [6.07, 6.45) is 3.72. The molecule has 0 aliphatic carbocycles. The summed E-state index contributed by atoms with van der Waals surface area (Å²) in [5, 5.41) is 4.14. The second-order valence-electron chi connectivity index (χ2n) is 4.30. The Morgan fingerprint density at radius 1 is 1.44 bits per heavy atom. The summed E-state index contributed by atoms with van der Waals surface area (Å²) in [5.41, 5.74) is 6.90. The Morgan fingerprint density at radius 3 is 2.78 bits per heavy atom. The Kier molecular flexibility index (Phi) is 4.04. The Labute approximate surface area is 110 Å². The number of aromatic nitrogens is 2. The third-order valence-electron chi connectivity index (χ3n) is 2.60. The quantitative estimate of drug-likeness (QED) is 0.864. The SMILES string of the molecule is CC(N)C(Sc1cnn(C)c1)c1cccc(F)c1. The highest BCUT2D eigenvalue weighted by Crippen LogP contribution is 2.36. The molecule has 0 bridgehead atoms. The Hall–Kier alpha value is -1.33. The van der Waals surface area contributed by atoms with Crippen LogP contribution >= 0.6 is 11.8 Å². The van der Waals surface area contributed by atoms with Gasteiger partial charge in [0.25, 0.3) is 0 Å². The van der Waals surface area contributed by atoms with E-state index in [-0.39, 0.29) is 17.1 Å². The molecule has 0 amide bonds. The van der Waals surface area contributed by atoms with Gasteiger partial charge in [-0.25, -0.2) is 4.39 Å². The third kappa shape index (κ3) is 3.11. The Bertz CT molecular complexity index is 524. The van der Waals surface area contributed by atoms with Crippen LogP contribution < -0.4 is 5.73 Å². The highest BCUT2D eigenvalue weighted by Gasteiger charge is 2.18. The van der Waals surface area contributed by atoms with Crippen molar-refractivity contribution in [1.29, 1.82) is 0 Å². The minimum Gasteiger partial charge on any atom is -0.327 e. The maximum absolute atomic E-state index is 13.3. The maximum Gasteiger partial charge on any atom is 0.123 e. The maximum atomic E-state index is 13.3. The van der Waals surface area contributed by atoms with Crippen molar-refractivity contribution in [3.8, 4) is 0 Å². The molecule has 0 aliphatic heterocycles. The number of thioether (sulfide) groups is 1. The fraction of sp³-hybridized carbons (Fsp3) is 0.308. The van der Waals surface area contributed by atoms with Gasteiger partial charge >= 0.3 is 0 Å². The second-order valence-corrected chi connectivity index (χ2v) is 5.52. The van der Waals surface area contributed by atoms with Gasteiger partial charge in [0.2, 0.25) is 0 Å². The van der Waals surface area contributed by atoms with Crippen LogP contribution in [-0.4, -0.2) is 15.8 Å². The monoisotopic (exact) mass is 265 g/mol. The standard InChI is InChI=1S/C13H16FN3S/c1-9(15)13(10-4-3-5-11(14)6-10)18-12-7-16-17(2)8-12/h3-9,13H,15H2,1-2H3. The number of rotatable bonds is 4. The molecule has 0 fully saturated rings. The lowest BCUT2D eigenvalue weighted by Gasteiger charge is -2.20. The number of hydrogen-bond acceptors (Lipinski definition) is 3. The van der Waals surface area contributed by atoms with E-state index in [0.717, 1.165) is 10.5 Å². The fourth-order valence-corrected chi connectivity index (χ4v) is 2.88. The van der Waals surface area contributed by atoms with Crippen LogP contribution in [0.2, 0.25) is 0 Å². The van der Waals surface area contributed by atoms with Gasteiger partial charge in [-0.05, 0) is 24.6 Å². The molecule has 1 aromatic carbocycles. The average Bonchev–Trinajstić information content (AvgIpc) is 2.71. The van der Waals surface area contributed by atoms with E-state index in [1.54, 1.807) is 28.7 Å². The molecule has 0 saturated carbocycles. The van der Waals surface area contributed by atoms with Crippen LogP contribution in [-0.2, 0) is 7.05 Å². The zero-order valence-corrected chi connectivity index (χ0v) is 11.2. The largest absolute Gasteiger partial charge is 0.327 e. The molecular weight excluding hydrogens is 249 g/mol. The van der Waals surface area contributed by atoms with E-state index in [2.05, 4.69) is 5.10 Å². The predicted octanol–water partition coefficient (Wildman–Crippen LogP) is 2.74. The summed E-state index contributed by atoms with van der Waals surface area (Å²) in [6.45, 7) is 1.93. The van der Waals surface area contributed by atoms with Crippen LogP contribution in [0.15, 0.2) is 41.6 Å². The summed E-state index contributed by atoms with van der Waals surface area (Å²) in [6, 6.07) is 6.52. The van der Waals surface area contributed by atoms with Gasteiger partial charge in [0.15, 0.2) is 0 Å². The Balaban J connectivity index is 2.23. The van der Waals surface area contributed by atoms with Crippen molar-refractivity contribution in [3.63, 3.8) is 0 Å². The molecule has 2 rings (SSSR count). The number of halogens is 1. The topological polar surface area (TPSA) is 43.8 Å². The molecule has 0 saturated heterocycles. The number of hydrogen-bond donors (Lipinski definition) is 1. The van der Waals surface area contributed by atoms with Gasteiger partial charge in [0.05, 0.1) is 6.20 Å². The van der Waals surface area contributed by atoms with Crippen LogP contribution in [0.4, 0.5) is 4.39 Å². The third-order valence-corrected chi connectivity index (χ3v) is 4.04. The van der Waals surface area contributed by atoms with Crippen LogP contribution in [0.5, 0.6) is 0 Å². The van der Waals surface area contributed by atoms with Crippen molar-refractivity contribution < 1.29 is 4.39 Å². The minimum atomic E-state index is -0.232. The number of nitrogens with two attached hydrogens (primary N) is 1. The van der Waals surface area contributed by atoms with E-state index < -0.39 is 0 Å². The van der Waals surface area contributed by atoms with Gasteiger partial charge in [0.1, 0.15) is 5.82 Å². The van der Waals surface area contributed by atoms with E-state index in [4.69, 9.17) is 5.73 Å². The van der Waals surface area contributed by atoms with Crippen LogP contribution in [0.1, 0.15) is 17.7 Å². The van der Waals surface area contributed by atoms with Crippen molar-refractivity contribution >= 4 is 11.8 Å². The first-order valence-corrected chi connectivity index (χ1v) is 6.60. The summed E-state index contributed by atoms with van der Waals surface area (Å²) in [7, 11) is 1.87. The van der Waals surface area contributed by atoms with Crippen LogP contribution in [0.3, 0.4) is 0 Å². The fourth-order valence-electron chi connectivity index (χ4n) is 1.77. The highest BCUT2D eigenvalue weighted by molar-refractivity contribution is 7.99. The van der Waals surface area contributed by atoms with Gasteiger partial charge in [-0.3, -0.25) is 4.68 Å². The lowest BCUT2D eigenvalue weighted by Crippen LogP contribution is -2.22. The van der Waals surface area contributed by atoms with Gasteiger partial charge < -0.3 is 5.73 Å². The van der Waals surface area contributed by atoms with Crippen LogP contribution in [0, 0.1) is 5.82 Å². The zero-order chi connectivity index (χ0) is 13.1. The van der Waals surface area contributed by atoms with Crippen molar-refractivity contribution in [2.24, 2.45) is 12.8 Å². The molecule has 0 aliphatic rings. The van der Waals surface area contributed by atoms with Gasteiger partial charge in [-0.1, -0.05) is 12.1 Å². The van der Waals surface area contributed by atoms with E-state index in [0.29, 0.717) is 0 Å². The van der Waals surface area contributed by atoms with Gasteiger partial charge in [-0.15, -0.1) is 11.8 Å². The van der Waals surface area contributed by atoms with E-state index >= 15 is 0 Å². The average molecular weight is 265 g/mol. The summed E-state index contributed by atoms with van der Waals surface area (Å²) < 4.78 is 15.0. The lowest BCUT2D eigenvalue weighted by molar-refractivity contribution is 0.622. The molecule has 2 atom stereocenters. The number of nitrogens with zero attached hydrogens (tertiary/aromatic N) is 2. The smallest absolute Gasteiger partial charge is 0.123 e. The molecule has 3 nitrogen and oxygen atoms in total. The summed E-state index contributed by atoms with van der Waals surface area (Å²) in [4.78, 5) is 1.03. The molecular formula is C13H16FN3S. The van der Waals surface area contributed by atoms with Gasteiger partial charge in [-0.2, -0.15) is 5.10 Å². The summed E-state index contributed by atoms with van der Waals surface area (Å²) >= 11 is 1.60. The van der Waals surface area contributed by atoms with Crippen molar-refractivity contribution in [3.05, 3.63) is 48.0 Å². The molecule has 2 N–H and O–H groups in total. The second kappa shape index (κ2) is 5.54. The molecule has 96 valence electrons.